The lowest BCUT2D eigenvalue weighted by Gasteiger charge is -2.06. The van der Waals surface area contributed by atoms with Gasteiger partial charge < -0.3 is 10.3 Å². The summed E-state index contributed by atoms with van der Waals surface area (Å²) in [5, 5.41) is 0. The minimum Gasteiger partial charge on any atom is -0.384 e. The maximum Gasteiger partial charge on any atom is 0.331 e. The Hall–Kier alpha value is -2.37. The Morgan fingerprint density at radius 3 is 2.76 bits per heavy atom. The molecule has 0 amide bonds. The van der Waals surface area contributed by atoms with E-state index in [1.807, 2.05) is 0 Å². The Balaban J connectivity index is 2.47. The van der Waals surface area contributed by atoms with Gasteiger partial charge in [-0.3, -0.25) is 9.36 Å². The molecule has 0 aliphatic rings. The summed E-state index contributed by atoms with van der Waals surface area (Å²) in [5.74, 6) is 0.364. The molecule has 0 aliphatic heterocycles. The number of anilines is 1. The molecule has 0 atom stereocenters. The van der Waals surface area contributed by atoms with Gasteiger partial charge in [-0.2, -0.15) is 0 Å². The zero-order chi connectivity index (χ0) is 12.4. The molecule has 0 saturated carbocycles. The van der Waals surface area contributed by atoms with Crippen molar-refractivity contribution in [1.29, 1.82) is 0 Å². The van der Waals surface area contributed by atoms with Crippen molar-refractivity contribution in [2.24, 2.45) is 7.05 Å². The van der Waals surface area contributed by atoms with E-state index in [9.17, 15) is 9.59 Å². The number of pyridine rings is 1. The molecule has 0 radical (unpaired) electrons. The Bertz CT molecular complexity index is 657. The van der Waals surface area contributed by atoms with Crippen molar-refractivity contribution < 1.29 is 0 Å². The quantitative estimate of drug-likeness (QED) is 0.761. The van der Waals surface area contributed by atoms with Crippen LogP contribution in [0.4, 0.5) is 5.82 Å². The summed E-state index contributed by atoms with van der Waals surface area (Å²) < 4.78 is 2.45. The number of aromatic nitrogens is 3. The highest BCUT2D eigenvalue weighted by atomic mass is 16.2. The van der Waals surface area contributed by atoms with Crippen LogP contribution in [0, 0.1) is 0 Å². The van der Waals surface area contributed by atoms with Crippen molar-refractivity contribution in [3.8, 4) is 0 Å². The van der Waals surface area contributed by atoms with E-state index in [1.165, 1.54) is 16.8 Å². The zero-order valence-corrected chi connectivity index (χ0v) is 9.33. The van der Waals surface area contributed by atoms with Crippen LogP contribution in [0.2, 0.25) is 0 Å². The van der Waals surface area contributed by atoms with Gasteiger partial charge in [0.2, 0.25) is 0 Å². The van der Waals surface area contributed by atoms with E-state index in [1.54, 1.807) is 25.2 Å². The summed E-state index contributed by atoms with van der Waals surface area (Å²) >= 11 is 0. The maximum atomic E-state index is 11.7. The summed E-state index contributed by atoms with van der Waals surface area (Å²) in [6.45, 7) is 0.122. The molecule has 0 fully saturated rings. The molecule has 2 heterocycles. The minimum atomic E-state index is -0.373. The van der Waals surface area contributed by atoms with E-state index >= 15 is 0 Å². The Morgan fingerprint density at radius 2 is 2.06 bits per heavy atom. The lowest BCUT2D eigenvalue weighted by Crippen LogP contribution is -2.38. The minimum absolute atomic E-state index is 0.122. The molecule has 2 N–H and O–H groups in total. The third-order valence-corrected chi connectivity index (χ3v) is 2.39. The van der Waals surface area contributed by atoms with Gasteiger partial charge in [-0.25, -0.2) is 9.78 Å². The highest BCUT2D eigenvalue weighted by molar-refractivity contribution is 5.28. The standard InChI is InChI=1S/C11H12N4O2/c1-14-6-5-10(16)15(11(14)17)7-8-3-2-4-9(12)13-8/h2-6H,7H2,1H3,(H2,12,13). The molecule has 0 unspecified atom stereocenters. The van der Waals surface area contributed by atoms with E-state index in [-0.39, 0.29) is 17.8 Å². The summed E-state index contributed by atoms with van der Waals surface area (Å²) in [5.41, 5.74) is 5.39. The molecule has 2 aromatic rings. The van der Waals surface area contributed by atoms with Crippen LogP contribution in [0.1, 0.15) is 5.69 Å². The lowest BCUT2D eigenvalue weighted by atomic mass is 10.3. The first-order chi connectivity index (χ1) is 8.08. The van der Waals surface area contributed by atoms with Crippen LogP contribution in [-0.4, -0.2) is 14.1 Å². The molecule has 0 saturated heterocycles. The molecule has 0 aromatic carbocycles. The molecular formula is C11H12N4O2. The number of hydrogen-bond donors (Lipinski definition) is 1. The average Bonchev–Trinajstić information content (AvgIpc) is 2.30. The molecule has 88 valence electrons. The number of nitrogen functional groups attached to an aromatic ring is 1. The molecule has 0 aliphatic carbocycles. The summed E-state index contributed by atoms with van der Waals surface area (Å²) in [7, 11) is 1.59. The largest absolute Gasteiger partial charge is 0.384 e. The number of aryl methyl sites for hydroxylation is 1. The van der Waals surface area contributed by atoms with E-state index in [2.05, 4.69) is 4.98 Å². The third kappa shape index (κ3) is 2.25. The molecular weight excluding hydrogens is 220 g/mol. The second-order valence-electron chi connectivity index (χ2n) is 3.69. The van der Waals surface area contributed by atoms with Crippen LogP contribution in [0.25, 0.3) is 0 Å². The van der Waals surface area contributed by atoms with Gasteiger partial charge in [0.1, 0.15) is 5.82 Å². The second-order valence-corrected chi connectivity index (χ2v) is 3.69. The van der Waals surface area contributed by atoms with Gasteiger partial charge in [0.25, 0.3) is 5.56 Å². The SMILES string of the molecule is Cn1ccc(=O)n(Cc2cccc(N)n2)c1=O. The Morgan fingerprint density at radius 1 is 1.29 bits per heavy atom. The molecule has 6 nitrogen and oxygen atoms in total. The van der Waals surface area contributed by atoms with Crippen LogP contribution in [0.5, 0.6) is 0 Å². The van der Waals surface area contributed by atoms with Crippen molar-refractivity contribution in [3.05, 3.63) is 57.0 Å². The topological polar surface area (TPSA) is 82.9 Å². The van der Waals surface area contributed by atoms with Gasteiger partial charge in [0, 0.05) is 19.3 Å². The lowest BCUT2D eigenvalue weighted by molar-refractivity contribution is 0.631. The van der Waals surface area contributed by atoms with Gasteiger partial charge in [-0.15, -0.1) is 0 Å². The molecule has 2 rings (SSSR count). The smallest absolute Gasteiger partial charge is 0.331 e. The van der Waals surface area contributed by atoms with E-state index in [4.69, 9.17) is 5.73 Å². The fourth-order valence-corrected chi connectivity index (χ4v) is 1.51. The Kier molecular flexibility index (Phi) is 2.78. The van der Waals surface area contributed by atoms with Crippen molar-refractivity contribution in [1.82, 2.24) is 14.1 Å². The van der Waals surface area contributed by atoms with Gasteiger partial charge in [-0.1, -0.05) is 6.07 Å². The Labute approximate surface area is 97.0 Å². The average molecular weight is 232 g/mol. The first kappa shape index (κ1) is 11.1. The van der Waals surface area contributed by atoms with Crippen LogP contribution in [-0.2, 0) is 13.6 Å². The predicted octanol–water partition coefficient (Wildman–Crippen LogP) is -0.428. The number of nitrogens with two attached hydrogens (primary N) is 1. The van der Waals surface area contributed by atoms with Gasteiger partial charge in [0.15, 0.2) is 0 Å². The highest BCUT2D eigenvalue weighted by Gasteiger charge is 2.04. The normalized spacial score (nSPS) is 10.4. The van der Waals surface area contributed by atoms with Crippen molar-refractivity contribution in [3.63, 3.8) is 0 Å². The van der Waals surface area contributed by atoms with Gasteiger partial charge >= 0.3 is 5.69 Å². The third-order valence-electron chi connectivity index (χ3n) is 2.39. The van der Waals surface area contributed by atoms with E-state index < -0.39 is 0 Å². The molecule has 0 bridgehead atoms. The summed E-state index contributed by atoms with van der Waals surface area (Å²) in [6.07, 6.45) is 1.44. The summed E-state index contributed by atoms with van der Waals surface area (Å²) in [6, 6.07) is 6.44. The molecule has 2 aromatic heterocycles. The van der Waals surface area contributed by atoms with Crippen molar-refractivity contribution in [2.75, 3.05) is 5.73 Å². The van der Waals surface area contributed by atoms with E-state index in [0.29, 0.717) is 11.5 Å². The first-order valence-electron chi connectivity index (χ1n) is 5.06. The monoisotopic (exact) mass is 232 g/mol. The van der Waals surface area contributed by atoms with Crippen LogP contribution >= 0.6 is 0 Å². The predicted molar refractivity (Wildman–Crippen MR) is 63.7 cm³/mol. The van der Waals surface area contributed by atoms with Crippen LogP contribution < -0.4 is 17.0 Å². The van der Waals surface area contributed by atoms with Crippen molar-refractivity contribution in [2.45, 2.75) is 6.54 Å². The number of hydrogen-bond acceptors (Lipinski definition) is 4. The maximum absolute atomic E-state index is 11.7. The molecule has 6 heteroatoms. The summed E-state index contributed by atoms with van der Waals surface area (Å²) in [4.78, 5) is 27.4. The zero-order valence-electron chi connectivity index (χ0n) is 9.33. The molecule has 17 heavy (non-hydrogen) atoms. The second kappa shape index (κ2) is 4.25. The first-order valence-corrected chi connectivity index (χ1v) is 5.06. The highest BCUT2D eigenvalue weighted by Crippen LogP contribution is 2.00. The van der Waals surface area contributed by atoms with Crippen LogP contribution in [0.3, 0.4) is 0 Å². The van der Waals surface area contributed by atoms with Crippen LogP contribution in [0.15, 0.2) is 40.1 Å². The fourth-order valence-electron chi connectivity index (χ4n) is 1.51. The molecule has 0 spiro atoms. The van der Waals surface area contributed by atoms with Crippen molar-refractivity contribution >= 4 is 5.82 Å². The van der Waals surface area contributed by atoms with E-state index in [0.717, 1.165) is 4.57 Å². The fraction of sp³-hybridized carbons (Fsp3) is 0.182. The number of rotatable bonds is 2. The van der Waals surface area contributed by atoms with Gasteiger partial charge in [-0.05, 0) is 12.1 Å². The number of nitrogens with zero attached hydrogens (tertiary/aromatic N) is 3. The van der Waals surface area contributed by atoms with Gasteiger partial charge in [0.05, 0.1) is 12.2 Å².